The molecule has 0 spiro atoms. The molecule has 0 fully saturated rings. The third-order valence-corrected chi connectivity index (χ3v) is 3.53. The maximum Gasteiger partial charge on any atom is 0.150 e. The van der Waals surface area contributed by atoms with Crippen LogP contribution in [0.2, 0.25) is 0 Å². The van der Waals surface area contributed by atoms with Crippen molar-refractivity contribution in [3.63, 3.8) is 0 Å². The fourth-order valence-corrected chi connectivity index (χ4v) is 2.07. The van der Waals surface area contributed by atoms with Crippen LogP contribution in [-0.2, 0) is 0 Å². The van der Waals surface area contributed by atoms with Gasteiger partial charge in [-0.15, -0.1) is 0 Å². The van der Waals surface area contributed by atoms with Gasteiger partial charge in [0.2, 0.25) is 0 Å². The smallest absolute Gasteiger partial charge is 0.150 e. The van der Waals surface area contributed by atoms with Gasteiger partial charge in [-0.25, -0.2) is 4.39 Å². The summed E-state index contributed by atoms with van der Waals surface area (Å²) in [5, 5.41) is 0. The Morgan fingerprint density at radius 2 is 1.84 bits per heavy atom. The standard InChI is InChI=1S/C17H17FO/c1-3-12(2)14-5-7-15(8-6-14)16-9-4-13(11-19)10-17(16)18/h4-12H,3H2,1-2H3. The van der Waals surface area contributed by atoms with Crippen molar-refractivity contribution in [2.75, 3.05) is 0 Å². The Labute approximate surface area is 113 Å². The highest BCUT2D eigenvalue weighted by Crippen LogP contribution is 2.26. The van der Waals surface area contributed by atoms with Crippen LogP contribution in [-0.4, -0.2) is 6.29 Å². The lowest BCUT2D eigenvalue weighted by Crippen LogP contribution is -1.92. The summed E-state index contributed by atoms with van der Waals surface area (Å²) in [6.07, 6.45) is 1.74. The largest absolute Gasteiger partial charge is 0.298 e. The van der Waals surface area contributed by atoms with Gasteiger partial charge in [-0.1, -0.05) is 50.2 Å². The van der Waals surface area contributed by atoms with Gasteiger partial charge in [0, 0.05) is 11.1 Å². The van der Waals surface area contributed by atoms with Crippen molar-refractivity contribution >= 4 is 6.29 Å². The van der Waals surface area contributed by atoms with Crippen LogP contribution in [0.1, 0.15) is 42.1 Å². The molecule has 0 saturated carbocycles. The van der Waals surface area contributed by atoms with Gasteiger partial charge in [-0.05, 0) is 29.5 Å². The molecule has 2 rings (SSSR count). The Balaban J connectivity index is 2.34. The summed E-state index contributed by atoms with van der Waals surface area (Å²) in [7, 11) is 0. The zero-order valence-corrected chi connectivity index (χ0v) is 11.2. The average molecular weight is 256 g/mol. The van der Waals surface area contributed by atoms with Crippen LogP contribution in [0.3, 0.4) is 0 Å². The second-order valence-corrected chi connectivity index (χ2v) is 4.79. The van der Waals surface area contributed by atoms with Gasteiger partial charge in [-0.2, -0.15) is 0 Å². The molecule has 98 valence electrons. The predicted octanol–water partition coefficient (Wildman–Crippen LogP) is 4.82. The summed E-state index contributed by atoms with van der Waals surface area (Å²) in [4.78, 5) is 10.6. The van der Waals surface area contributed by atoms with Gasteiger partial charge in [0.25, 0.3) is 0 Å². The van der Waals surface area contributed by atoms with Gasteiger partial charge in [-0.3, -0.25) is 4.79 Å². The minimum absolute atomic E-state index is 0.359. The molecule has 0 aliphatic heterocycles. The summed E-state index contributed by atoms with van der Waals surface area (Å²) in [5.74, 6) is 0.150. The Morgan fingerprint density at radius 3 is 2.37 bits per heavy atom. The SMILES string of the molecule is CCC(C)c1ccc(-c2ccc(C=O)cc2F)cc1. The lowest BCUT2D eigenvalue weighted by molar-refractivity contribution is 0.112. The molecule has 0 amide bonds. The van der Waals surface area contributed by atoms with E-state index in [1.54, 1.807) is 12.1 Å². The van der Waals surface area contributed by atoms with Crippen molar-refractivity contribution in [3.8, 4) is 11.1 Å². The minimum atomic E-state index is -0.360. The molecule has 0 saturated heterocycles. The van der Waals surface area contributed by atoms with Crippen molar-refractivity contribution in [3.05, 3.63) is 59.4 Å². The van der Waals surface area contributed by atoms with Crippen molar-refractivity contribution in [1.29, 1.82) is 0 Å². The molecule has 2 heteroatoms. The van der Waals surface area contributed by atoms with Crippen LogP contribution in [0.25, 0.3) is 11.1 Å². The fourth-order valence-electron chi connectivity index (χ4n) is 2.07. The van der Waals surface area contributed by atoms with Crippen LogP contribution in [0, 0.1) is 5.82 Å². The van der Waals surface area contributed by atoms with E-state index in [1.165, 1.54) is 11.6 Å². The highest BCUT2D eigenvalue weighted by atomic mass is 19.1. The number of carbonyl (C=O) groups excluding carboxylic acids is 1. The molecule has 2 aromatic carbocycles. The van der Waals surface area contributed by atoms with Crippen molar-refractivity contribution in [2.45, 2.75) is 26.2 Å². The van der Waals surface area contributed by atoms with Gasteiger partial charge >= 0.3 is 0 Å². The number of rotatable bonds is 4. The summed E-state index contributed by atoms with van der Waals surface area (Å²) in [5.41, 5.74) is 2.98. The number of halogens is 1. The lowest BCUT2D eigenvalue weighted by atomic mass is 9.95. The third-order valence-electron chi connectivity index (χ3n) is 3.53. The molecule has 0 aliphatic rings. The van der Waals surface area contributed by atoms with E-state index in [0.717, 1.165) is 12.0 Å². The van der Waals surface area contributed by atoms with Crippen LogP contribution < -0.4 is 0 Å². The second-order valence-electron chi connectivity index (χ2n) is 4.79. The van der Waals surface area contributed by atoms with E-state index in [4.69, 9.17) is 0 Å². The number of aldehydes is 1. The molecule has 1 nitrogen and oxygen atoms in total. The maximum absolute atomic E-state index is 13.9. The normalized spacial score (nSPS) is 12.2. The third kappa shape index (κ3) is 2.90. The van der Waals surface area contributed by atoms with Crippen LogP contribution in [0.5, 0.6) is 0 Å². The molecular weight excluding hydrogens is 239 g/mol. The summed E-state index contributed by atoms with van der Waals surface area (Å²) < 4.78 is 13.9. The molecule has 1 unspecified atom stereocenters. The molecule has 0 heterocycles. The molecule has 0 N–H and O–H groups in total. The van der Waals surface area contributed by atoms with E-state index in [9.17, 15) is 9.18 Å². The summed E-state index contributed by atoms with van der Waals surface area (Å²) in [6.45, 7) is 4.32. The molecule has 0 radical (unpaired) electrons. The van der Waals surface area contributed by atoms with Crippen LogP contribution >= 0.6 is 0 Å². The average Bonchev–Trinajstić information content (AvgIpc) is 2.46. The first-order valence-corrected chi connectivity index (χ1v) is 6.50. The first-order valence-electron chi connectivity index (χ1n) is 6.50. The van der Waals surface area contributed by atoms with Gasteiger partial charge in [0.1, 0.15) is 12.1 Å². The van der Waals surface area contributed by atoms with E-state index >= 15 is 0 Å². The lowest BCUT2D eigenvalue weighted by Gasteiger charge is -2.10. The van der Waals surface area contributed by atoms with E-state index in [1.807, 2.05) is 24.3 Å². The van der Waals surface area contributed by atoms with Gasteiger partial charge in [0.05, 0.1) is 0 Å². The highest BCUT2D eigenvalue weighted by molar-refractivity contribution is 5.77. The quantitative estimate of drug-likeness (QED) is 0.717. The van der Waals surface area contributed by atoms with E-state index in [0.29, 0.717) is 23.3 Å². The zero-order valence-electron chi connectivity index (χ0n) is 11.2. The Hall–Kier alpha value is -1.96. The molecule has 1 atom stereocenters. The molecule has 0 aromatic heterocycles. The monoisotopic (exact) mass is 256 g/mol. The molecule has 2 aromatic rings. The number of hydrogen-bond donors (Lipinski definition) is 0. The van der Waals surface area contributed by atoms with Gasteiger partial charge < -0.3 is 0 Å². The summed E-state index contributed by atoms with van der Waals surface area (Å²) in [6, 6.07) is 12.5. The van der Waals surface area contributed by atoms with Gasteiger partial charge in [0.15, 0.2) is 0 Å². The topological polar surface area (TPSA) is 17.1 Å². The fraction of sp³-hybridized carbons (Fsp3) is 0.235. The molecule has 0 bridgehead atoms. The van der Waals surface area contributed by atoms with E-state index < -0.39 is 0 Å². The number of carbonyl (C=O) groups is 1. The zero-order chi connectivity index (χ0) is 13.8. The van der Waals surface area contributed by atoms with Crippen molar-refractivity contribution in [1.82, 2.24) is 0 Å². The Bertz CT molecular complexity index is 572. The number of hydrogen-bond acceptors (Lipinski definition) is 1. The van der Waals surface area contributed by atoms with Crippen LogP contribution in [0.15, 0.2) is 42.5 Å². The first-order chi connectivity index (χ1) is 9.15. The first kappa shape index (κ1) is 13.5. The summed E-state index contributed by atoms with van der Waals surface area (Å²) >= 11 is 0. The van der Waals surface area contributed by atoms with Crippen molar-refractivity contribution in [2.24, 2.45) is 0 Å². The Morgan fingerprint density at radius 1 is 1.16 bits per heavy atom. The highest BCUT2D eigenvalue weighted by Gasteiger charge is 2.07. The van der Waals surface area contributed by atoms with Crippen molar-refractivity contribution < 1.29 is 9.18 Å². The molecular formula is C17H17FO. The Kier molecular flexibility index (Phi) is 4.10. The molecule has 19 heavy (non-hydrogen) atoms. The van der Waals surface area contributed by atoms with E-state index in [2.05, 4.69) is 13.8 Å². The second kappa shape index (κ2) is 5.79. The number of benzene rings is 2. The molecule has 0 aliphatic carbocycles. The van der Waals surface area contributed by atoms with E-state index in [-0.39, 0.29) is 5.82 Å². The predicted molar refractivity (Wildman–Crippen MR) is 75.9 cm³/mol. The minimum Gasteiger partial charge on any atom is -0.298 e. The maximum atomic E-state index is 13.9. The van der Waals surface area contributed by atoms with Crippen LogP contribution in [0.4, 0.5) is 4.39 Å².